The number of aryl methyl sites for hydroxylation is 1. The van der Waals surface area contributed by atoms with Crippen LogP contribution in [-0.2, 0) is 13.0 Å². The van der Waals surface area contributed by atoms with E-state index in [4.69, 9.17) is 9.15 Å². The maximum Gasteiger partial charge on any atom is 0.349 e. The molecule has 0 spiro atoms. The van der Waals surface area contributed by atoms with E-state index in [1.165, 1.54) is 13.2 Å². The van der Waals surface area contributed by atoms with E-state index in [1.54, 1.807) is 18.2 Å². The molecule has 3 heterocycles. The number of nitrogens with zero attached hydrogens (tertiary/aromatic N) is 2. The quantitative estimate of drug-likeness (QED) is 0.525. The Kier molecular flexibility index (Phi) is 4.35. The van der Waals surface area contributed by atoms with Crippen molar-refractivity contribution in [2.75, 3.05) is 12.4 Å². The highest BCUT2D eigenvalue weighted by molar-refractivity contribution is 6.05. The van der Waals surface area contributed by atoms with Gasteiger partial charge in [0.05, 0.1) is 19.0 Å². The third kappa shape index (κ3) is 3.04. The molecule has 7 nitrogen and oxygen atoms in total. The van der Waals surface area contributed by atoms with Gasteiger partial charge in [-0.25, -0.2) is 9.78 Å². The topological polar surface area (TPSA) is 86.4 Å². The Bertz CT molecular complexity index is 1320. The molecular formula is C23H19N3O4. The zero-order chi connectivity index (χ0) is 20.7. The Hall–Kier alpha value is -3.87. The van der Waals surface area contributed by atoms with E-state index in [0.717, 1.165) is 36.5 Å². The molecule has 1 aliphatic heterocycles. The molecule has 1 aliphatic rings. The van der Waals surface area contributed by atoms with Gasteiger partial charge >= 0.3 is 5.63 Å². The first kappa shape index (κ1) is 18.2. The molecule has 0 atom stereocenters. The number of hydrogen-bond acceptors (Lipinski definition) is 5. The minimum Gasteiger partial charge on any atom is -0.493 e. The molecule has 0 radical (unpaired) electrons. The molecule has 30 heavy (non-hydrogen) atoms. The van der Waals surface area contributed by atoms with Gasteiger partial charge in [-0.05, 0) is 36.2 Å². The van der Waals surface area contributed by atoms with Crippen molar-refractivity contribution in [3.8, 4) is 17.0 Å². The number of ether oxygens (including phenoxy) is 1. The summed E-state index contributed by atoms with van der Waals surface area (Å²) in [5, 5.41) is 3.38. The first-order chi connectivity index (χ1) is 14.6. The van der Waals surface area contributed by atoms with E-state index in [-0.39, 0.29) is 5.56 Å². The largest absolute Gasteiger partial charge is 0.493 e. The summed E-state index contributed by atoms with van der Waals surface area (Å²) in [7, 11) is 1.50. The molecule has 0 bridgehead atoms. The molecule has 4 aromatic rings. The first-order valence-corrected chi connectivity index (χ1v) is 9.71. The van der Waals surface area contributed by atoms with Gasteiger partial charge in [-0.2, -0.15) is 0 Å². The van der Waals surface area contributed by atoms with Gasteiger partial charge in [-0.1, -0.05) is 24.3 Å². The number of nitrogens with one attached hydrogen (secondary N) is 1. The lowest BCUT2D eigenvalue weighted by Crippen LogP contribution is -2.20. The van der Waals surface area contributed by atoms with Crippen molar-refractivity contribution in [2.24, 2.45) is 0 Å². The Labute approximate surface area is 171 Å². The molecule has 1 amide bonds. The Balaban J connectivity index is 1.40. The van der Waals surface area contributed by atoms with Crippen molar-refractivity contribution in [3.05, 3.63) is 76.5 Å². The van der Waals surface area contributed by atoms with Crippen molar-refractivity contribution in [2.45, 2.75) is 19.4 Å². The van der Waals surface area contributed by atoms with Crippen molar-refractivity contribution in [1.82, 2.24) is 9.55 Å². The molecule has 0 unspecified atom stereocenters. The summed E-state index contributed by atoms with van der Waals surface area (Å²) in [6.45, 7) is 0.978. The predicted octanol–water partition coefficient (Wildman–Crippen LogP) is 3.86. The van der Waals surface area contributed by atoms with E-state index in [0.29, 0.717) is 22.4 Å². The van der Waals surface area contributed by atoms with Gasteiger partial charge in [-0.3, -0.25) is 4.79 Å². The highest BCUT2D eigenvalue weighted by Gasteiger charge is 2.18. The summed E-state index contributed by atoms with van der Waals surface area (Å²) in [6, 6.07) is 14.2. The molecule has 0 saturated heterocycles. The van der Waals surface area contributed by atoms with Crippen LogP contribution in [0.1, 0.15) is 22.6 Å². The average molecular weight is 401 g/mol. The van der Waals surface area contributed by atoms with Crippen LogP contribution in [0.5, 0.6) is 5.75 Å². The fraction of sp³-hybridized carbons (Fsp3) is 0.174. The van der Waals surface area contributed by atoms with E-state index >= 15 is 0 Å². The van der Waals surface area contributed by atoms with Crippen LogP contribution in [0.15, 0.2) is 63.9 Å². The molecule has 7 heteroatoms. The number of carbonyl (C=O) groups is 1. The van der Waals surface area contributed by atoms with Crippen molar-refractivity contribution in [1.29, 1.82) is 0 Å². The number of rotatable bonds is 4. The average Bonchev–Trinajstić information content (AvgIpc) is 3.37. The number of methoxy groups -OCH3 is 1. The van der Waals surface area contributed by atoms with Gasteiger partial charge in [0.15, 0.2) is 11.3 Å². The van der Waals surface area contributed by atoms with Crippen LogP contribution in [0.3, 0.4) is 0 Å². The van der Waals surface area contributed by atoms with Crippen molar-refractivity contribution >= 4 is 22.6 Å². The minimum absolute atomic E-state index is 0.0616. The lowest BCUT2D eigenvalue weighted by Gasteiger charge is -2.09. The number of para-hydroxylation sites is 1. The van der Waals surface area contributed by atoms with Crippen LogP contribution in [-0.4, -0.2) is 22.6 Å². The maximum absolute atomic E-state index is 12.7. The van der Waals surface area contributed by atoms with E-state index in [1.807, 2.05) is 30.5 Å². The Morgan fingerprint density at radius 1 is 1.20 bits per heavy atom. The molecular weight excluding hydrogens is 382 g/mol. The summed E-state index contributed by atoms with van der Waals surface area (Å²) in [6.07, 6.45) is 4.01. The van der Waals surface area contributed by atoms with Crippen molar-refractivity contribution < 1.29 is 13.9 Å². The number of hydrogen-bond donors (Lipinski definition) is 1. The molecule has 5 rings (SSSR count). The lowest BCUT2D eigenvalue weighted by molar-refractivity contribution is 0.102. The Morgan fingerprint density at radius 2 is 2.03 bits per heavy atom. The highest BCUT2D eigenvalue weighted by Crippen LogP contribution is 2.27. The van der Waals surface area contributed by atoms with E-state index in [2.05, 4.69) is 14.9 Å². The second-order valence-electron chi connectivity index (χ2n) is 7.17. The van der Waals surface area contributed by atoms with Gasteiger partial charge in [-0.15, -0.1) is 0 Å². The van der Waals surface area contributed by atoms with Gasteiger partial charge in [0, 0.05) is 24.0 Å². The standard InChI is InChI=1S/C23H19N3O4/c1-29-19-5-2-4-15-12-17(23(28)30-21(15)19)22(27)25-16-9-7-14(8-10-16)18-13-24-20-6-3-11-26(18)20/h2,4-5,7-10,12-13H,3,6,11H2,1H3,(H,25,27). The fourth-order valence-corrected chi connectivity index (χ4v) is 3.85. The van der Waals surface area contributed by atoms with Gasteiger partial charge in [0.1, 0.15) is 11.4 Å². The SMILES string of the molecule is COc1cccc2cc(C(=O)Nc3ccc(-c4cnc5n4CCC5)cc3)c(=O)oc12. The highest BCUT2D eigenvalue weighted by atomic mass is 16.5. The minimum atomic E-state index is -0.712. The predicted molar refractivity (Wildman–Crippen MR) is 113 cm³/mol. The molecule has 0 aliphatic carbocycles. The Morgan fingerprint density at radius 3 is 2.83 bits per heavy atom. The number of fused-ring (bicyclic) bond motifs is 2. The number of carbonyl (C=O) groups excluding carboxylic acids is 1. The summed E-state index contributed by atoms with van der Waals surface area (Å²) in [5.41, 5.74) is 2.24. The number of benzene rings is 2. The summed E-state index contributed by atoms with van der Waals surface area (Å²) in [4.78, 5) is 29.5. The van der Waals surface area contributed by atoms with Crippen molar-refractivity contribution in [3.63, 3.8) is 0 Å². The third-order valence-corrected chi connectivity index (χ3v) is 5.35. The van der Waals surface area contributed by atoms with Gasteiger partial charge in [0.2, 0.25) is 0 Å². The molecule has 0 saturated carbocycles. The zero-order valence-corrected chi connectivity index (χ0v) is 16.3. The van der Waals surface area contributed by atoms with Crippen LogP contribution in [0.4, 0.5) is 5.69 Å². The smallest absolute Gasteiger partial charge is 0.349 e. The molecule has 150 valence electrons. The van der Waals surface area contributed by atoms with E-state index in [9.17, 15) is 9.59 Å². The number of anilines is 1. The fourth-order valence-electron chi connectivity index (χ4n) is 3.85. The molecule has 2 aromatic heterocycles. The lowest BCUT2D eigenvalue weighted by atomic mass is 10.1. The van der Waals surface area contributed by atoms with Crippen LogP contribution in [0.2, 0.25) is 0 Å². The molecule has 2 aromatic carbocycles. The number of aromatic nitrogens is 2. The van der Waals surface area contributed by atoms with Crippen LogP contribution in [0.25, 0.3) is 22.2 Å². The molecule has 1 N–H and O–H groups in total. The normalized spacial score (nSPS) is 12.7. The first-order valence-electron chi connectivity index (χ1n) is 9.71. The number of amides is 1. The second-order valence-corrected chi connectivity index (χ2v) is 7.17. The van der Waals surface area contributed by atoms with Gasteiger partial charge < -0.3 is 19.0 Å². The molecule has 0 fully saturated rings. The summed E-state index contributed by atoms with van der Waals surface area (Å²) in [5.74, 6) is 1.03. The third-order valence-electron chi connectivity index (χ3n) is 5.35. The maximum atomic E-state index is 12.7. The number of imidazole rings is 1. The van der Waals surface area contributed by atoms with Gasteiger partial charge in [0.25, 0.3) is 5.91 Å². The van der Waals surface area contributed by atoms with Crippen LogP contribution >= 0.6 is 0 Å². The van der Waals surface area contributed by atoms with E-state index < -0.39 is 11.5 Å². The second kappa shape index (κ2) is 7.18. The summed E-state index contributed by atoms with van der Waals surface area (Å²) < 4.78 is 12.8. The zero-order valence-electron chi connectivity index (χ0n) is 16.3. The van der Waals surface area contributed by atoms with Crippen LogP contribution in [0, 0.1) is 0 Å². The van der Waals surface area contributed by atoms with Crippen LogP contribution < -0.4 is 15.7 Å². The monoisotopic (exact) mass is 401 g/mol. The summed E-state index contributed by atoms with van der Waals surface area (Å²) >= 11 is 0.